The van der Waals surface area contributed by atoms with Crippen LogP contribution in [0.15, 0.2) is 36.8 Å². The minimum atomic E-state index is 0.808. The summed E-state index contributed by atoms with van der Waals surface area (Å²) in [6.07, 6.45) is 6.52. The van der Waals surface area contributed by atoms with E-state index in [1.165, 1.54) is 0 Å². The molecule has 0 aromatic carbocycles. The maximum Gasteiger partial charge on any atom is 0.225 e. The van der Waals surface area contributed by atoms with Gasteiger partial charge in [-0.25, -0.2) is 9.97 Å². The summed E-state index contributed by atoms with van der Waals surface area (Å²) in [6, 6.07) is 5.88. The van der Waals surface area contributed by atoms with Gasteiger partial charge in [0.25, 0.3) is 0 Å². The van der Waals surface area contributed by atoms with Gasteiger partial charge in [0.1, 0.15) is 0 Å². The Hall–Kier alpha value is -2.05. The summed E-state index contributed by atoms with van der Waals surface area (Å²) in [5.74, 6) is 0.808. The van der Waals surface area contributed by atoms with Gasteiger partial charge in [-0.05, 0) is 24.6 Å². The van der Waals surface area contributed by atoms with Crippen LogP contribution < -0.4 is 4.90 Å². The van der Waals surface area contributed by atoms with Crippen LogP contribution in [0, 0.1) is 0 Å². The first-order valence-corrected chi connectivity index (χ1v) is 8.06. The minimum Gasteiger partial charge on any atom is -0.385 e. The first-order valence-electron chi connectivity index (χ1n) is 8.06. The molecule has 0 unspecified atom stereocenters. The zero-order valence-corrected chi connectivity index (χ0v) is 13.6. The Morgan fingerprint density at radius 1 is 1.13 bits per heavy atom. The number of methoxy groups -OCH3 is 1. The van der Waals surface area contributed by atoms with Gasteiger partial charge in [-0.1, -0.05) is 0 Å². The fourth-order valence-electron chi connectivity index (χ4n) is 2.78. The van der Waals surface area contributed by atoms with Gasteiger partial charge in [-0.2, -0.15) is 0 Å². The molecule has 0 atom stereocenters. The van der Waals surface area contributed by atoms with Crippen molar-refractivity contribution in [2.24, 2.45) is 0 Å². The Balaban J connectivity index is 1.61. The smallest absolute Gasteiger partial charge is 0.225 e. The highest BCUT2D eigenvalue weighted by Crippen LogP contribution is 2.18. The molecule has 6 nitrogen and oxygen atoms in total. The first-order chi connectivity index (χ1) is 11.4. The van der Waals surface area contributed by atoms with Crippen LogP contribution in [0.3, 0.4) is 0 Å². The van der Waals surface area contributed by atoms with Crippen LogP contribution in [-0.2, 0) is 4.74 Å². The van der Waals surface area contributed by atoms with Gasteiger partial charge in [-0.15, -0.1) is 0 Å². The Morgan fingerprint density at radius 2 is 2.00 bits per heavy atom. The second-order valence-electron chi connectivity index (χ2n) is 5.66. The van der Waals surface area contributed by atoms with Crippen LogP contribution in [0.2, 0.25) is 0 Å². The lowest BCUT2D eigenvalue weighted by molar-refractivity contribution is 0.168. The summed E-state index contributed by atoms with van der Waals surface area (Å²) in [5, 5.41) is 0. The maximum absolute atomic E-state index is 5.12. The molecule has 0 amide bonds. The molecule has 1 fully saturated rings. The molecule has 0 N–H and O–H groups in total. The maximum atomic E-state index is 5.12. The number of aromatic nitrogens is 3. The van der Waals surface area contributed by atoms with E-state index in [-0.39, 0.29) is 0 Å². The second-order valence-corrected chi connectivity index (χ2v) is 5.66. The molecule has 1 saturated heterocycles. The summed E-state index contributed by atoms with van der Waals surface area (Å²) >= 11 is 0. The van der Waals surface area contributed by atoms with Crippen molar-refractivity contribution in [1.29, 1.82) is 0 Å². The molecular formula is C17H23N5O. The van der Waals surface area contributed by atoms with Crippen molar-refractivity contribution in [3.63, 3.8) is 0 Å². The highest BCUT2D eigenvalue weighted by molar-refractivity contribution is 5.58. The SMILES string of the molecule is COCCCN1CCN(c2nccc(-c3cccnc3)n2)CC1. The number of rotatable bonds is 6. The molecule has 1 aliphatic rings. The Morgan fingerprint density at radius 3 is 2.74 bits per heavy atom. The molecule has 6 heteroatoms. The van der Waals surface area contributed by atoms with Gasteiger partial charge in [0.2, 0.25) is 5.95 Å². The van der Waals surface area contributed by atoms with Gasteiger partial charge in [-0.3, -0.25) is 9.88 Å². The fourth-order valence-corrected chi connectivity index (χ4v) is 2.78. The van der Waals surface area contributed by atoms with Gasteiger partial charge >= 0.3 is 0 Å². The Bertz CT molecular complexity index is 599. The van der Waals surface area contributed by atoms with E-state index >= 15 is 0 Å². The number of hydrogen-bond acceptors (Lipinski definition) is 6. The number of pyridine rings is 1. The van der Waals surface area contributed by atoms with Gasteiger partial charge in [0.15, 0.2) is 0 Å². The van der Waals surface area contributed by atoms with Crippen LogP contribution in [0.4, 0.5) is 5.95 Å². The molecule has 2 aromatic rings. The topological polar surface area (TPSA) is 54.4 Å². The third-order valence-electron chi connectivity index (χ3n) is 4.08. The van der Waals surface area contributed by atoms with E-state index in [4.69, 9.17) is 9.72 Å². The standard InChI is InChI=1S/C17H23N5O/c1-23-13-3-8-21-9-11-22(12-10-21)17-19-7-5-16(20-17)15-4-2-6-18-14-15/h2,4-7,14H,3,8-13H2,1H3. The summed E-state index contributed by atoms with van der Waals surface area (Å²) in [4.78, 5) is 18.0. The molecule has 122 valence electrons. The predicted molar refractivity (Wildman–Crippen MR) is 90.4 cm³/mol. The molecule has 0 radical (unpaired) electrons. The lowest BCUT2D eigenvalue weighted by Crippen LogP contribution is -2.47. The normalized spacial score (nSPS) is 15.8. The van der Waals surface area contributed by atoms with Crippen LogP contribution in [0.1, 0.15) is 6.42 Å². The van der Waals surface area contributed by atoms with Crippen molar-refractivity contribution in [3.8, 4) is 11.3 Å². The van der Waals surface area contributed by atoms with Crippen LogP contribution in [0.25, 0.3) is 11.3 Å². The zero-order chi connectivity index (χ0) is 15.9. The highest BCUT2D eigenvalue weighted by atomic mass is 16.5. The molecule has 23 heavy (non-hydrogen) atoms. The predicted octanol–water partition coefficient (Wildman–Crippen LogP) is 1.70. The summed E-state index contributed by atoms with van der Waals surface area (Å²) in [6.45, 7) is 5.94. The Kier molecular flexibility index (Phi) is 5.50. The zero-order valence-electron chi connectivity index (χ0n) is 13.6. The minimum absolute atomic E-state index is 0.808. The van der Waals surface area contributed by atoms with Gasteiger partial charge < -0.3 is 9.64 Å². The molecule has 0 saturated carbocycles. The number of piperazine rings is 1. The van der Waals surface area contributed by atoms with E-state index in [0.29, 0.717) is 0 Å². The van der Waals surface area contributed by atoms with Crippen molar-refractivity contribution in [3.05, 3.63) is 36.8 Å². The van der Waals surface area contributed by atoms with Crippen molar-refractivity contribution in [1.82, 2.24) is 19.9 Å². The van der Waals surface area contributed by atoms with E-state index in [1.54, 1.807) is 13.3 Å². The number of ether oxygens (including phenoxy) is 1. The van der Waals surface area contributed by atoms with Crippen LogP contribution in [-0.4, -0.2) is 66.3 Å². The summed E-state index contributed by atoms with van der Waals surface area (Å²) < 4.78 is 5.12. The van der Waals surface area contributed by atoms with Gasteiger partial charge in [0.05, 0.1) is 5.69 Å². The average Bonchev–Trinajstić information content (AvgIpc) is 2.63. The van der Waals surface area contributed by atoms with E-state index in [1.807, 2.05) is 30.6 Å². The third kappa shape index (κ3) is 4.24. The van der Waals surface area contributed by atoms with Crippen LogP contribution in [0.5, 0.6) is 0 Å². The molecule has 3 rings (SSSR count). The lowest BCUT2D eigenvalue weighted by atomic mass is 10.2. The number of hydrogen-bond donors (Lipinski definition) is 0. The molecule has 0 spiro atoms. The number of nitrogens with zero attached hydrogens (tertiary/aromatic N) is 5. The van der Waals surface area contributed by atoms with Crippen molar-refractivity contribution < 1.29 is 4.74 Å². The summed E-state index contributed by atoms with van der Waals surface area (Å²) in [7, 11) is 1.75. The van der Waals surface area contributed by atoms with E-state index in [0.717, 1.165) is 63.0 Å². The molecule has 2 aromatic heterocycles. The number of anilines is 1. The lowest BCUT2D eigenvalue weighted by Gasteiger charge is -2.34. The van der Waals surface area contributed by atoms with E-state index < -0.39 is 0 Å². The van der Waals surface area contributed by atoms with Crippen molar-refractivity contribution >= 4 is 5.95 Å². The van der Waals surface area contributed by atoms with Crippen molar-refractivity contribution in [2.75, 3.05) is 51.3 Å². The second kappa shape index (κ2) is 7.99. The average molecular weight is 313 g/mol. The monoisotopic (exact) mass is 313 g/mol. The quantitative estimate of drug-likeness (QED) is 0.757. The highest BCUT2D eigenvalue weighted by Gasteiger charge is 2.18. The molecular weight excluding hydrogens is 290 g/mol. The van der Waals surface area contributed by atoms with Crippen molar-refractivity contribution in [2.45, 2.75) is 6.42 Å². The Labute approximate surface area is 137 Å². The third-order valence-corrected chi connectivity index (χ3v) is 4.08. The van der Waals surface area contributed by atoms with E-state index in [9.17, 15) is 0 Å². The molecule has 1 aliphatic heterocycles. The van der Waals surface area contributed by atoms with Gasteiger partial charge in [0, 0.05) is 70.6 Å². The fraction of sp³-hybridized carbons (Fsp3) is 0.471. The summed E-state index contributed by atoms with van der Waals surface area (Å²) in [5.41, 5.74) is 1.94. The first kappa shape index (κ1) is 15.8. The van der Waals surface area contributed by atoms with E-state index in [2.05, 4.69) is 19.8 Å². The molecule has 0 aliphatic carbocycles. The van der Waals surface area contributed by atoms with Crippen LogP contribution >= 0.6 is 0 Å². The molecule has 3 heterocycles. The molecule has 0 bridgehead atoms. The largest absolute Gasteiger partial charge is 0.385 e.